The van der Waals surface area contributed by atoms with Crippen molar-refractivity contribution in [3.8, 4) is 16.3 Å². The van der Waals surface area contributed by atoms with Gasteiger partial charge in [-0.3, -0.25) is 4.79 Å². The Balaban J connectivity index is 1.83. The fraction of sp³-hybridized carbons (Fsp3) is 0.412. The van der Waals surface area contributed by atoms with E-state index in [9.17, 15) is 4.79 Å². The average molecular weight is 332 g/mol. The van der Waals surface area contributed by atoms with Crippen molar-refractivity contribution >= 4 is 17.2 Å². The fourth-order valence-corrected chi connectivity index (χ4v) is 3.49. The second kappa shape index (κ2) is 6.29. The second-order valence-corrected chi connectivity index (χ2v) is 6.93. The molecule has 0 unspecified atom stereocenters. The first-order valence-electron chi connectivity index (χ1n) is 7.52. The maximum atomic E-state index is 12.7. The number of hydrogen-bond donors (Lipinski definition) is 0. The normalized spacial score (nSPS) is 17.1. The minimum atomic E-state index is -0.310. The number of methoxy groups -OCH3 is 1. The van der Waals surface area contributed by atoms with Gasteiger partial charge in [0.15, 0.2) is 0 Å². The Kier molecular flexibility index (Phi) is 4.37. The number of benzene rings is 1. The third-order valence-electron chi connectivity index (χ3n) is 3.77. The zero-order valence-electron chi connectivity index (χ0n) is 13.5. The van der Waals surface area contributed by atoms with Gasteiger partial charge in [0.25, 0.3) is 5.91 Å². The van der Waals surface area contributed by atoms with Gasteiger partial charge in [0.2, 0.25) is 0 Å². The van der Waals surface area contributed by atoms with Crippen LogP contribution in [0, 0.1) is 0 Å². The highest BCUT2D eigenvalue weighted by Gasteiger charge is 2.31. The van der Waals surface area contributed by atoms with Crippen LogP contribution in [-0.4, -0.2) is 48.2 Å². The quantitative estimate of drug-likeness (QED) is 0.867. The van der Waals surface area contributed by atoms with E-state index in [1.165, 1.54) is 11.3 Å². The second-order valence-electron chi connectivity index (χ2n) is 6.07. The highest BCUT2D eigenvalue weighted by Crippen LogP contribution is 2.32. The lowest BCUT2D eigenvalue weighted by Gasteiger charge is -2.37. The van der Waals surface area contributed by atoms with Gasteiger partial charge in [-0.2, -0.15) is 0 Å². The summed E-state index contributed by atoms with van der Waals surface area (Å²) < 4.78 is 11.0. The lowest BCUT2D eigenvalue weighted by atomic mass is 10.1. The fourth-order valence-electron chi connectivity index (χ4n) is 2.67. The molecule has 122 valence electrons. The number of ether oxygens (including phenoxy) is 2. The summed E-state index contributed by atoms with van der Waals surface area (Å²) in [4.78, 5) is 19.0. The van der Waals surface area contributed by atoms with E-state index in [1.807, 2.05) is 48.4 Å². The molecular weight excluding hydrogens is 312 g/mol. The summed E-state index contributed by atoms with van der Waals surface area (Å²) in [5, 5.41) is 2.60. The number of hydrogen-bond acceptors (Lipinski definition) is 5. The molecule has 6 heteroatoms. The smallest absolute Gasteiger partial charge is 0.273 e. The van der Waals surface area contributed by atoms with Crippen LogP contribution in [0.4, 0.5) is 0 Å². The molecule has 0 saturated carbocycles. The summed E-state index contributed by atoms with van der Waals surface area (Å²) in [6, 6.07) is 7.69. The van der Waals surface area contributed by atoms with E-state index >= 15 is 0 Å². The van der Waals surface area contributed by atoms with Gasteiger partial charge in [-0.05, 0) is 26.0 Å². The van der Waals surface area contributed by atoms with E-state index in [4.69, 9.17) is 9.47 Å². The molecule has 5 nitrogen and oxygen atoms in total. The number of amides is 1. The third kappa shape index (κ3) is 3.38. The lowest BCUT2D eigenvalue weighted by molar-refractivity contribution is -0.0764. The van der Waals surface area contributed by atoms with Gasteiger partial charge in [-0.15, -0.1) is 11.3 Å². The maximum Gasteiger partial charge on any atom is 0.273 e. The molecule has 1 amide bonds. The Labute approximate surface area is 139 Å². The number of carbonyl (C=O) groups is 1. The van der Waals surface area contributed by atoms with Crippen molar-refractivity contribution in [2.24, 2.45) is 0 Å². The minimum Gasteiger partial charge on any atom is -0.496 e. The molecule has 23 heavy (non-hydrogen) atoms. The molecular formula is C17H20N2O3S. The van der Waals surface area contributed by atoms with E-state index in [2.05, 4.69) is 4.98 Å². The first-order chi connectivity index (χ1) is 11.0. The topological polar surface area (TPSA) is 51.7 Å². The number of aromatic nitrogens is 1. The summed E-state index contributed by atoms with van der Waals surface area (Å²) in [7, 11) is 1.63. The van der Waals surface area contributed by atoms with Crippen molar-refractivity contribution in [3.63, 3.8) is 0 Å². The molecule has 0 N–H and O–H groups in total. The molecule has 0 spiro atoms. The average Bonchev–Trinajstić information content (AvgIpc) is 3.03. The molecule has 1 aliphatic rings. The van der Waals surface area contributed by atoms with Crippen LogP contribution in [0.1, 0.15) is 24.3 Å². The first-order valence-corrected chi connectivity index (χ1v) is 8.40. The third-order valence-corrected chi connectivity index (χ3v) is 4.65. The standard InChI is InChI=1S/C17H20N2O3S/c1-17(2)11-19(8-9-22-17)16(20)13-10-23-15(18-13)12-6-4-5-7-14(12)21-3/h4-7,10H,8-9,11H2,1-3H3. The van der Waals surface area contributed by atoms with E-state index in [0.29, 0.717) is 25.4 Å². The van der Waals surface area contributed by atoms with Gasteiger partial charge in [0, 0.05) is 18.5 Å². The van der Waals surface area contributed by atoms with E-state index in [1.54, 1.807) is 7.11 Å². The molecule has 0 bridgehead atoms. The van der Waals surface area contributed by atoms with Crippen molar-refractivity contribution in [2.75, 3.05) is 26.8 Å². The number of thiazole rings is 1. The summed E-state index contributed by atoms with van der Waals surface area (Å²) in [6.45, 7) is 5.72. The molecule has 1 saturated heterocycles. The highest BCUT2D eigenvalue weighted by atomic mass is 32.1. The Morgan fingerprint density at radius 2 is 2.17 bits per heavy atom. The number of nitrogens with zero attached hydrogens (tertiary/aromatic N) is 2. The molecule has 1 aromatic heterocycles. The summed E-state index contributed by atoms with van der Waals surface area (Å²) in [6.07, 6.45) is 0. The predicted molar refractivity (Wildman–Crippen MR) is 90.0 cm³/mol. The van der Waals surface area contributed by atoms with Crippen LogP contribution in [0.25, 0.3) is 10.6 Å². The van der Waals surface area contributed by atoms with Crippen LogP contribution < -0.4 is 4.74 Å². The SMILES string of the molecule is COc1ccccc1-c1nc(C(=O)N2CCOC(C)(C)C2)cs1. The van der Waals surface area contributed by atoms with Gasteiger partial charge in [-0.1, -0.05) is 12.1 Å². The Morgan fingerprint density at radius 3 is 2.91 bits per heavy atom. The predicted octanol–water partition coefficient (Wildman–Crippen LogP) is 3.07. The number of rotatable bonds is 3. The van der Waals surface area contributed by atoms with Crippen molar-refractivity contribution in [2.45, 2.75) is 19.4 Å². The monoisotopic (exact) mass is 332 g/mol. The van der Waals surface area contributed by atoms with Crippen molar-refractivity contribution in [1.82, 2.24) is 9.88 Å². The van der Waals surface area contributed by atoms with E-state index < -0.39 is 0 Å². The number of morpholine rings is 1. The van der Waals surface area contributed by atoms with Crippen LogP contribution in [0.15, 0.2) is 29.6 Å². The largest absolute Gasteiger partial charge is 0.496 e. The van der Waals surface area contributed by atoms with Crippen LogP contribution in [-0.2, 0) is 4.74 Å². The van der Waals surface area contributed by atoms with Gasteiger partial charge in [0.1, 0.15) is 16.5 Å². The van der Waals surface area contributed by atoms with Crippen molar-refractivity contribution in [3.05, 3.63) is 35.3 Å². The van der Waals surface area contributed by atoms with Crippen LogP contribution in [0.2, 0.25) is 0 Å². The lowest BCUT2D eigenvalue weighted by Crippen LogP contribution is -2.50. The molecule has 2 aromatic rings. The molecule has 1 fully saturated rings. The molecule has 0 radical (unpaired) electrons. The zero-order chi connectivity index (χ0) is 16.4. The molecule has 2 heterocycles. The zero-order valence-corrected chi connectivity index (χ0v) is 14.4. The van der Waals surface area contributed by atoms with Gasteiger partial charge < -0.3 is 14.4 Å². The molecule has 3 rings (SSSR count). The summed E-state index contributed by atoms with van der Waals surface area (Å²) >= 11 is 1.45. The van der Waals surface area contributed by atoms with Crippen LogP contribution in [0.5, 0.6) is 5.75 Å². The molecule has 1 aromatic carbocycles. The molecule has 0 atom stereocenters. The van der Waals surface area contributed by atoms with Gasteiger partial charge in [0.05, 0.1) is 24.9 Å². The van der Waals surface area contributed by atoms with Crippen molar-refractivity contribution in [1.29, 1.82) is 0 Å². The van der Waals surface area contributed by atoms with Crippen molar-refractivity contribution < 1.29 is 14.3 Å². The molecule has 0 aliphatic carbocycles. The van der Waals surface area contributed by atoms with Gasteiger partial charge in [-0.25, -0.2) is 4.98 Å². The summed E-state index contributed by atoms with van der Waals surface area (Å²) in [5.41, 5.74) is 1.07. The maximum absolute atomic E-state index is 12.7. The Morgan fingerprint density at radius 1 is 1.39 bits per heavy atom. The van der Waals surface area contributed by atoms with E-state index in [-0.39, 0.29) is 11.5 Å². The Bertz CT molecular complexity index is 711. The number of para-hydroxylation sites is 1. The van der Waals surface area contributed by atoms with Crippen LogP contribution in [0.3, 0.4) is 0 Å². The molecule has 1 aliphatic heterocycles. The Hall–Kier alpha value is -1.92. The first kappa shape index (κ1) is 16.0. The minimum absolute atomic E-state index is 0.0428. The van der Waals surface area contributed by atoms with Crippen LogP contribution >= 0.6 is 11.3 Å². The highest BCUT2D eigenvalue weighted by molar-refractivity contribution is 7.13. The summed E-state index contributed by atoms with van der Waals surface area (Å²) in [5.74, 6) is 0.715. The van der Waals surface area contributed by atoms with E-state index in [0.717, 1.165) is 16.3 Å². The number of carbonyl (C=O) groups excluding carboxylic acids is 1. The van der Waals surface area contributed by atoms with Gasteiger partial charge >= 0.3 is 0 Å².